The van der Waals surface area contributed by atoms with E-state index in [1.807, 2.05) is 0 Å². The molecule has 0 spiro atoms. The largest absolute Gasteiger partial charge is 2.00 e. The summed E-state index contributed by atoms with van der Waals surface area (Å²) in [4.78, 5) is 0. The van der Waals surface area contributed by atoms with Crippen LogP contribution < -0.4 is 17.0 Å². The van der Waals surface area contributed by atoms with Crippen molar-refractivity contribution < 1.29 is 26.5 Å². The van der Waals surface area contributed by atoms with Gasteiger partial charge in [-0.2, -0.15) is 6.42 Å². The monoisotopic (exact) mass is 472 g/mol. The van der Waals surface area contributed by atoms with Gasteiger partial charge in [-0.1, -0.05) is 104 Å². The van der Waals surface area contributed by atoms with Crippen LogP contribution in [0.5, 0.6) is 0 Å². The fraction of sp³-hybridized carbons (Fsp3) is 0.958. The van der Waals surface area contributed by atoms with Gasteiger partial charge in [0.2, 0.25) is 0 Å². The first-order valence-electron chi connectivity index (χ1n) is 11.9. The predicted octanol–water partition coefficient (Wildman–Crippen LogP) is 4.86. The molecule has 4 heteroatoms. The summed E-state index contributed by atoms with van der Waals surface area (Å²) in [6.45, 7) is 10.2. The van der Waals surface area contributed by atoms with Crippen LogP contribution in [0.2, 0.25) is 0 Å². The van der Waals surface area contributed by atoms with E-state index in [0.29, 0.717) is 0 Å². The normalized spacial score (nSPS) is 10.7. The van der Waals surface area contributed by atoms with Crippen LogP contribution in [0, 0.1) is 6.92 Å². The molecule has 0 aliphatic rings. The third-order valence-electron chi connectivity index (χ3n) is 5.04. The predicted molar refractivity (Wildman–Crippen MR) is 121 cm³/mol. The number of unbranched alkanes of at least 4 members (excludes halogenated alkanes) is 14. The van der Waals surface area contributed by atoms with E-state index in [2.05, 4.69) is 20.8 Å². The molecule has 0 rings (SSSR count). The van der Waals surface area contributed by atoms with Crippen molar-refractivity contribution in [3.63, 3.8) is 0 Å². The maximum Gasteiger partial charge on any atom is 2.00 e. The van der Waals surface area contributed by atoms with Gasteiger partial charge in [0.15, 0.2) is 6.29 Å². The van der Waals surface area contributed by atoms with Crippen LogP contribution in [0.3, 0.4) is 0 Å². The standard InChI is InChI=1S/C24H49O2.BrH.Mg/c1-4-7-10-12-14-16-19-22-25-24(21-18-9-6-3)26-23-20-17-15-13-11-8-5-2;;/h24H,3-23H2,1-2H3;1H;/q-1;;+2/p-1. The molecule has 0 unspecified atom stereocenters. The van der Waals surface area contributed by atoms with Gasteiger partial charge in [-0.25, -0.2) is 0 Å². The van der Waals surface area contributed by atoms with Crippen LogP contribution in [0.1, 0.15) is 129 Å². The van der Waals surface area contributed by atoms with E-state index in [0.717, 1.165) is 26.1 Å². The van der Waals surface area contributed by atoms with Crippen molar-refractivity contribution in [3.8, 4) is 0 Å². The molecule has 0 N–H and O–H groups in total. The van der Waals surface area contributed by atoms with Gasteiger partial charge in [-0.15, -0.1) is 0 Å². The van der Waals surface area contributed by atoms with E-state index in [1.165, 1.54) is 103 Å². The van der Waals surface area contributed by atoms with Gasteiger partial charge in [0.05, 0.1) is 0 Å². The van der Waals surface area contributed by atoms with Crippen LogP contribution in [0.4, 0.5) is 0 Å². The van der Waals surface area contributed by atoms with E-state index < -0.39 is 0 Å². The van der Waals surface area contributed by atoms with E-state index in [4.69, 9.17) is 9.47 Å². The Bertz CT molecular complexity index is 235. The molecule has 0 aromatic carbocycles. The SMILES string of the molecule is [Br-].[CH2-]CCCCC(OCCCCCCCCC)OCCCCCCCCC.[Mg+2]. The first kappa shape index (κ1) is 33.8. The quantitative estimate of drug-likeness (QED) is 0.0967. The molecule has 2 nitrogen and oxygen atoms in total. The maximum absolute atomic E-state index is 6.03. The van der Waals surface area contributed by atoms with E-state index in [1.54, 1.807) is 0 Å². The zero-order chi connectivity index (χ0) is 19.1. The Balaban J connectivity index is -0.00000312. The van der Waals surface area contributed by atoms with Crippen LogP contribution in [0.15, 0.2) is 0 Å². The molecule has 0 radical (unpaired) electrons. The van der Waals surface area contributed by atoms with Gasteiger partial charge in [0, 0.05) is 13.2 Å². The second kappa shape index (κ2) is 30.4. The van der Waals surface area contributed by atoms with Crippen LogP contribution >= 0.6 is 0 Å². The Morgan fingerprint density at radius 2 is 0.964 bits per heavy atom. The summed E-state index contributed by atoms with van der Waals surface area (Å²) >= 11 is 0. The number of rotatable bonds is 22. The molecular formula is C24H49BrMgO2. The molecule has 0 fully saturated rings. The molecular weight excluding hydrogens is 424 g/mol. The van der Waals surface area contributed by atoms with Crippen LogP contribution in [-0.2, 0) is 9.47 Å². The minimum absolute atomic E-state index is 0. The number of hydrogen-bond donors (Lipinski definition) is 0. The molecule has 0 saturated carbocycles. The Hall–Kier alpha value is 1.17. The molecule has 0 atom stereocenters. The zero-order valence-corrected chi connectivity index (χ0v) is 22.3. The van der Waals surface area contributed by atoms with E-state index in [-0.39, 0.29) is 46.3 Å². The molecule has 0 aromatic rings. The molecule has 0 bridgehead atoms. The van der Waals surface area contributed by atoms with Gasteiger partial charge in [0.25, 0.3) is 0 Å². The van der Waals surface area contributed by atoms with Gasteiger partial charge < -0.3 is 33.4 Å². The maximum atomic E-state index is 6.03. The van der Waals surface area contributed by atoms with Crippen molar-refractivity contribution in [2.24, 2.45) is 0 Å². The summed E-state index contributed by atoms with van der Waals surface area (Å²) in [5.41, 5.74) is 0. The van der Waals surface area contributed by atoms with Crippen molar-refractivity contribution in [1.82, 2.24) is 0 Å². The number of hydrogen-bond acceptors (Lipinski definition) is 2. The Labute approximate surface area is 204 Å². The van der Waals surface area contributed by atoms with Gasteiger partial charge in [0.1, 0.15) is 0 Å². The molecule has 166 valence electrons. The van der Waals surface area contributed by atoms with Crippen LogP contribution in [0.25, 0.3) is 0 Å². The Morgan fingerprint density at radius 3 is 1.36 bits per heavy atom. The minimum atomic E-state index is 0. The van der Waals surface area contributed by atoms with Gasteiger partial charge >= 0.3 is 23.1 Å². The summed E-state index contributed by atoms with van der Waals surface area (Å²) < 4.78 is 12.1. The average Bonchev–Trinajstić information content (AvgIpc) is 2.65. The van der Waals surface area contributed by atoms with Crippen molar-refractivity contribution in [2.45, 2.75) is 136 Å². The van der Waals surface area contributed by atoms with E-state index >= 15 is 0 Å². The molecule has 0 aliphatic heterocycles. The topological polar surface area (TPSA) is 18.5 Å². The summed E-state index contributed by atoms with van der Waals surface area (Å²) in [6.07, 6.45) is 23.1. The first-order chi connectivity index (χ1) is 12.8. The molecule has 28 heavy (non-hydrogen) atoms. The van der Waals surface area contributed by atoms with Gasteiger partial charge in [-0.3, -0.25) is 0 Å². The molecule has 0 aliphatic carbocycles. The number of halogens is 1. The number of ether oxygens (including phenoxy) is 2. The van der Waals surface area contributed by atoms with Crippen molar-refractivity contribution in [1.29, 1.82) is 0 Å². The first-order valence-corrected chi connectivity index (χ1v) is 11.9. The Kier molecular flexibility index (Phi) is 36.6. The zero-order valence-electron chi connectivity index (χ0n) is 19.3. The van der Waals surface area contributed by atoms with Gasteiger partial charge in [-0.05, 0) is 19.3 Å². The molecule has 0 saturated heterocycles. The fourth-order valence-corrected chi connectivity index (χ4v) is 3.25. The Morgan fingerprint density at radius 1 is 0.571 bits per heavy atom. The van der Waals surface area contributed by atoms with Crippen LogP contribution in [-0.4, -0.2) is 42.6 Å². The van der Waals surface area contributed by atoms with Crippen molar-refractivity contribution >= 4 is 23.1 Å². The molecule has 0 aromatic heterocycles. The second-order valence-corrected chi connectivity index (χ2v) is 7.76. The van der Waals surface area contributed by atoms with Crippen molar-refractivity contribution in [3.05, 3.63) is 6.92 Å². The summed E-state index contributed by atoms with van der Waals surface area (Å²) in [6, 6.07) is 0. The fourth-order valence-electron chi connectivity index (χ4n) is 3.25. The smallest absolute Gasteiger partial charge is 1.00 e. The summed E-state index contributed by atoms with van der Waals surface area (Å²) in [7, 11) is 0. The molecule has 0 amide bonds. The average molecular weight is 474 g/mol. The van der Waals surface area contributed by atoms with Crippen molar-refractivity contribution in [2.75, 3.05) is 13.2 Å². The summed E-state index contributed by atoms with van der Waals surface area (Å²) in [5, 5.41) is 0. The third-order valence-corrected chi connectivity index (χ3v) is 5.04. The summed E-state index contributed by atoms with van der Waals surface area (Å²) in [5.74, 6) is 0. The molecule has 0 heterocycles. The van der Waals surface area contributed by atoms with E-state index in [9.17, 15) is 0 Å². The third kappa shape index (κ3) is 27.2. The second-order valence-electron chi connectivity index (χ2n) is 7.76. The minimum Gasteiger partial charge on any atom is -1.00 e.